The second-order valence-electron chi connectivity index (χ2n) is 6.43. The quantitative estimate of drug-likeness (QED) is 0.845. The maximum absolute atomic E-state index is 12.6. The normalized spacial score (nSPS) is 11.3. The maximum atomic E-state index is 12.6. The lowest BCUT2D eigenvalue weighted by molar-refractivity contribution is 0.0740. The Morgan fingerprint density at radius 2 is 2.09 bits per heavy atom. The monoisotopic (exact) mass is 332 g/mol. The van der Waals surface area contributed by atoms with Crippen molar-refractivity contribution in [3.8, 4) is 5.75 Å². The zero-order valence-corrected chi connectivity index (χ0v) is 14.7. The Labute approximate surface area is 141 Å². The average molecular weight is 332 g/mol. The topological polar surface area (TPSA) is 55.6 Å². The Kier molecular flexibility index (Phi) is 5.80. The fraction of sp³-hybridized carbons (Fsp3) is 0.389. The Balaban J connectivity index is 2.02. The van der Waals surface area contributed by atoms with Crippen molar-refractivity contribution in [3.05, 3.63) is 52.2 Å². The smallest absolute Gasteiger partial charge is 0.253 e. The Morgan fingerprint density at radius 1 is 1.30 bits per heavy atom. The van der Waals surface area contributed by atoms with Gasteiger partial charge in [-0.3, -0.25) is 4.79 Å². The van der Waals surface area contributed by atoms with Crippen molar-refractivity contribution in [2.45, 2.75) is 20.5 Å². The molecule has 0 saturated heterocycles. The van der Waals surface area contributed by atoms with Crippen LogP contribution in [0.4, 0.5) is 0 Å². The van der Waals surface area contributed by atoms with Crippen LogP contribution in [0.25, 0.3) is 0 Å². The third-order valence-electron chi connectivity index (χ3n) is 3.61. The molecule has 0 spiro atoms. The lowest BCUT2D eigenvalue weighted by Gasteiger charge is -2.29. The van der Waals surface area contributed by atoms with Gasteiger partial charge in [0.2, 0.25) is 0 Å². The molecule has 0 atom stereocenters. The SMILES string of the molecule is CN(CC(C)(C)CN)C(=O)c1cccc(OCc2cccs2)c1. The summed E-state index contributed by atoms with van der Waals surface area (Å²) in [5, 5.41) is 2.02. The molecule has 124 valence electrons. The molecule has 2 rings (SSSR count). The molecule has 2 aromatic rings. The van der Waals surface area contributed by atoms with E-state index in [9.17, 15) is 4.79 Å². The van der Waals surface area contributed by atoms with Crippen LogP contribution in [0.15, 0.2) is 41.8 Å². The van der Waals surface area contributed by atoms with E-state index in [4.69, 9.17) is 10.5 Å². The Bertz CT molecular complexity index is 638. The van der Waals surface area contributed by atoms with Crippen LogP contribution in [0.3, 0.4) is 0 Å². The van der Waals surface area contributed by atoms with E-state index < -0.39 is 0 Å². The zero-order chi connectivity index (χ0) is 16.9. The molecule has 1 aromatic heterocycles. The second kappa shape index (κ2) is 7.62. The van der Waals surface area contributed by atoms with E-state index in [-0.39, 0.29) is 11.3 Å². The number of rotatable bonds is 7. The summed E-state index contributed by atoms with van der Waals surface area (Å²) in [6.45, 7) is 5.78. The predicted molar refractivity (Wildman–Crippen MR) is 94.9 cm³/mol. The van der Waals surface area contributed by atoms with Crippen LogP contribution in [0.5, 0.6) is 5.75 Å². The Hall–Kier alpha value is -1.85. The summed E-state index contributed by atoms with van der Waals surface area (Å²) < 4.78 is 5.76. The van der Waals surface area contributed by atoms with Gasteiger partial charge in [0, 0.05) is 24.0 Å². The third-order valence-corrected chi connectivity index (χ3v) is 4.46. The van der Waals surface area contributed by atoms with Gasteiger partial charge in [-0.2, -0.15) is 0 Å². The van der Waals surface area contributed by atoms with Crippen molar-refractivity contribution in [1.29, 1.82) is 0 Å². The van der Waals surface area contributed by atoms with Crippen molar-refractivity contribution >= 4 is 17.2 Å². The van der Waals surface area contributed by atoms with Crippen molar-refractivity contribution < 1.29 is 9.53 Å². The third kappa shape index (κ3) is 5.08. The molecule has 4 nitrogen and oxygen atoms in total. The summed E-state index contributed by atoms with van der Waals surface area (Å²) >= 11 is 1.65. The number of thiophene rings is 1. The van der Waals surface area contributed by atoms with Crippen LogP contribution in [0, 0.1) is 5.41 Å². The summed E-state index contributed by atoms with van der Waals surface area (Å²) in [5.41, 5.74) is 6.28. The standard InChI is InChI=1S/C18H24N2O2S/c1-18(2,12-19)13-20(3)17(21)14-6-4-7-15(10-14)22-11-16-8-5-9-23-16/h4-10H,11-13,19H2,1-3H3. The van der Waals surface area contributed by atoms with Gasteiger partial charge in [-0.15, -0.1) is 11.3 Å². The van der Waals surface area contributed by atoms with E-state index in [0.29, 0.717) is 31.0 Å². The number of carbonyl (C=O) groups excluding carboxylic acids is 1. The van der Waals surface area contributed by atoms with Crippen LogP contribution >= 0.6 is 11.3 Å². The highest BCUT2D eigenvalue weighted by atomic mass is 32.1. The largest absolute Gasteiger partial charge is 0.488 e. The number of amides is 1. The van der Waals surface area contributed by atoms with E-state index in [2.05, 4.69) is 13.8 Å². The van der Waals surface area contributed by atoms with Crippen molar-refractivity contribution in [3.63, 3.8) is 0 Å². The van der Waals surface area contributed by atoms with Crippen LogP contribution < -0.4 is 10.5 Å². The molecule has 1 amide bonds. The van der Waals surface area contributed by atoms with Crippen molar-refractivity contribution in [2.75, 3.05) is 20.1 Å². The minimum absolute atomic E-state index is 0.0203. The molecule has 0 bridgehead atoms. The van der Waals surface area contributed by atoms with Gasteiger partial charge in [0.15, 0.2) is 0 Å². The van der Waals surface area contributed by atoms with E-state index in [0.717, 1.165) is 4.88 Å². The molecule has 0 aliphatic heterocycles. The molecular formula is C18H24N2O2S. The van der Waals surface area contributed by atoms with E-state index >= 15 is 0 Å². The number of nitrogens with zero attached hydrogens (tertiary/aromatic N) is 1. The van der Waals surface area contributed by atoms with E-state index in [1.54, 1.807) is 29.4 Å². The minimum atomic E-state index is -0.0995. The van der Waals surface area contributed by atoms with Gasteiger partial charge in [0.25, 0.3) is 5.91 Å². The molecular weight excluding hydrogens is 308 g/mol. The Morgan fingerprint density at radius 3 is 2.74 bits per heavy atom. The molecule has 0 saturated carbocycles. The van der Waals surface area contributed by atoms with Gasteiger partial charge < -0.3 is 15.4 Å². The molecule has 1 heterocycles. The summed E-state index contributed by atoms with van der Waals surface area (Å²) in [5.74, 6) is 0.684. The fourth-order valence-corrected chi connectivity index (χ4v) is 2.88. The first kappa shape index (κ1) is 17.5. The van der Waals surface area contributed by atoms with Gasteiger partial charge in [-0.05, 0) is 41.6 Å². The molecule has 23 heavy (non-hydrogen) atoms. The first-order valence-electron chi connectivity index (χ1n) is 7.62. The predicted octanol–water partition coefficient (Wildman–Crippen LogP) is 3.38. The number of nitrogens with two attached hydrogens (primary N) is 1. The highest BCUT2D eigenvalue weighted by molar-refractivity contribution is 7.09. The van der Waals surface area contributed by atoms with Gasteiger partial charge >= 0.3 is 0 Å². The highest BCUT2D eigenvalue weighted by Gasteiger charge is 2.22. The van der Waals surface area contributed by atoms with Gasteiger partial charge in [0.1, 0.15) is 12.4 Å². The molecule has 0 aliphatic rings. The van der Waals surface area contributed by atoms with E-state index in [1.165, 1.54) is 0 Å². The van der Waals surface area contributed by atoms with E-state index in [1.807, 2.05) is 35.7 Å². The molecule has 1 aromatic carbocycles. The second-order valence-corrected chi connectivity index (χ2v) is 7.46. The molecule has 2 N–H and O–H groups in total. The molecule has 5 heteroatoms. The lowest BCUT2D eigenvalue weighted by atomic mass is 9.93. The highest BCUT2D eigenvalue weighted by Crippen LogP contribution is 2.20. The molecule has 0 aliphatic carbocycles. The number of carbonyl (C=O) groups is 1. The first-order chi connectivity index (χ1) is 10.9. The fourth-order valence-electron chi connectivity index (χ4n) is 2.27. The number of benzene rings is 1. The molecule has 0 unspecified atom stereocenters. The average Bonchev–Trinajstić information content (AvgIpc) is 3.05. The molecule has 0 radical (unpaired) electrons. The van der Waals surface area contributed by atoms with Crippen LogP contribution in [-0.2, 0) is 6.61 Å². The van der Waals surface area contributed by atoms with Crippen molar-refractivity contribution in [2.24, 2.45) is 11.1 Å². The number of ether oxygens (including phenoxy) is 1. The van der Waals surface area contributed by atoms with Gasteiger partial charge in [-0.25, -0.2) is 0 Å². The maximum Gasteiger partial charge on any atom is 0.253 e. The zero-order valence-electron chi connectivity index (χ0n) is 13.9. The minimum Gasteiger partial charge on any atom is -0.488 e. The summed E-state index contributed by atoms with van der Waals surface area (Å²) in [6, 6.07) is 11.3. The van der Waals surface area contributed by atoms with Crippen LogP contribution in [-0.4, -0.2) is 30.9 Å². The number of hydrogen-bond acceptors (Lipinski definition) is 4. The number of hydrogen-bond donors (Lipinski definition) is 1. The summed E-state index contributed by atoms with van der Waals surface area (Å²) in [4.78, 5) is 15.4. The molecule has 0 fully saturated rings. The van der Waals surface area contributed by atoms with Crippen LogP contribution in [0.2, 0.25) is 0 Å². The lowest BCUT2D eigenvalue weighted by Crippen LogP contribution is -2.39. The van der Waals surface area contributed by atoms with Gasteiger partial charge in [0.05, 0.1) is 0 Å². The first-order valence-corrected chi connectivity index (χ1v) is 8.50. The summed E-state index contributed by atoms with van der Waals surface area (Å²) in [7, 11) is 1.80. The van der Waals surface area contributed by atoms with Crippen molar-refractivity contribution in [1.82, 2.24) is 4.90 Å². The summed E-state index contributed by atoms with van der Waals surface area (Å²) in [6.07, 6.45) is 0. The van der Waals surface area contributed by atoms with Gasteiger partial charge in [-0.1, -0.05) is 26.0 Å². The van der Waals surface area contributed by atoms with Crippen LogP contribution in [0.1, 0.15) is 29.1 Å².